The minimum Gasteiger partial charge on any atom is -0.507 e. The molecule has 0 aromatic heterocycles. The average molecular weight is 385 g/mol. The fraction of sp³-hybridized carbons (Fsp3) is 0.0714. The second kappa shape index (κ2) is 7.05. The van der Waals surface area contributed by atoms with Crippen LogP contribution in [0.3, 0.4) is 0 Å². The summed E-state index contributed by atoms with van der Waals surface area (Å²) in [7, 11) is -4.08. The highest BCUT2D eigenvalue weighted by Crippen LogP contribution is 2.28. The molecule has 25 heavy (non-hydrogen) atoms. The van der Waals surface area contributed by atoms with Crippen LogP contribution in [0.2, 0.25) is 5.02 Å². The molecule has 0 bridgehead atoms. The van der Waals surface area contributed by atoms with Crippen LogP contribution in [0.25, 0.3) is 0 Å². The van der Waals surface area contributed by atoms with E-state index in [2.05, 4.69) is 10.5 Å². The van der Waals surface area contributed by atoms with Gasteiger partial charge in [-0.25, -0.2) is 13.6 Å². The number of primary sulfonamides is 1. The second-order valence-corrected chi connectivity index (χ2v) is 6.95. The number of aromatic hydroxyl groups is 1. The fourth-order valence-corrected chi connectivity index (χ4v) is 2.64. The summed E-state index contributed by atoms with van der Waals surface area (Å²) in [6.07, 6.45) is 0. The zero-order chi connectivity index (χ0) is 18.8. The summed E-state index contributed by atoms with van der Waals surface area (Å²) < 4.78 is 22.6. The Morgan fingerprint density at radius 2 is 2.00 bits per heavy atom. The van der Waals surface area contributed by atoms with Crippen LogP contribution in [0.4, 0.5) is 11.4 Å². The predicted octanol–water partition coefficient (Wildman–Crippen LogP) is 2.44. The van der Waals surface area contributed by atoms with Crippen LogP contribution in [0.15, 0.2) is 46.4 Å². The first-order chi connectivity index (χ1) is 11.6. The number of phenolic OH excluding ortho intramolecular Hbond substituents is 1. The number of nitrogens with zero attached hydrogens (tertiary/aromatic N) is 2. The lowest BCUT2D eigenvalue weighted by molar-refractivity contribution is -0.384. The topological polar surface area (TPSA) is 148 Å². The highest BCUT2D eigenvalue weighted by molar-refractivity contribution is 7.89. The number of hydrogen-bond donors (Lipinski definition) is 3. The Morgan fingerprint density at radius 3 is 2.60 bits per heavy atom. The summed E-state index contributed by atoms with van der Waals surface area (Å²) in [5.41, 5.74) is 2.56. The molecule has 0 aliphatic rings. The largest absolute Gasteiger partial charge is 0.507 e. The number of nitrogens with two attached hydrogens (primary N) is 1. The van der Waals surface area contributed by atoms with Gasteiger partial charge in [-0.1, -0.05) is 11.6 Å². The third kappa shape index (κ3) is 4.44. The molecule has 0 aliphatic carbocycles. The molecule has 0 radical (unpaired) electrons. The number of nitro groups is 1. The van der Waals surface area contributed by atoms with Crippen molar-refractivity contribution < 1.29 is 18.4 Å². The second-order valence-electron chi connectivity index (χ2n) is 4.95. The van der Waals surface area contributed by atoms with Crippen molar-refractivity contribution in [3.8, 4) is 5.75 Å². The quantitative estimate of drug-likeness (QED) is 0.409. The first-order valence-corrected chi connectivity index (χ1v) is 8.62. The Balaban J connectivity index is 2.40. The van der Waals surface area contributed by atoms with E-state index in [-0.39, 0.29) is 11.4 Å². The van der Waals surface area contributed by atoms with Crippen molar-refractivity contribution in [2.45, 2.75) is 11.8 Å². The number of rotatable bonds is 5. The Kier molecular flexibility index (Phi) is 5.26. The van der Waals surface area contributed by atoms with E-state index in [9.17, 15) is 23.6 Å². The van der Waals surface area contributed by atoms with E-state index < -0.39 is 25.5 Å². The minimum atomic E-state index is -4.08. The van der Waals surface area contributed by atoms with E-state index in [1.54, 1.807) is 6.92 Å². The average Bonchev–Trinajstić information content (AvgIpc) is 2.53. The number of phenols is 1. The maximum Gasteiger partial charge on any atom is 0.295 e. The lowest BCUT2D eigenvalue weighted by atomic mass is 10.1. The number of hydrazone groups is 1. The zero-order valence-electron chi connectivity index (χ0n) is 12.8. The molecule has 0 aliphatic heterocycles. The van der Waals surface area contributed by atoms with Gasteiger partial charge in [-0.05, 0) is 37.3 Å². The number of nitro benzene ring substituents is 1. The van der Waals surface area contributed by atoms with Gasteiger partial charge >= 0.3 is 0 Å². The van der Waals surface area contributed by atoms with Crippen molar-refractivity contribution in [1.29, 1.82) is 0 Å². The Hall–Kier alpha value is -2.69. The Labute approximate surface area is 147 Å². The van der Waals surface area contributed by atoms with E-state index >= 15 is 0 Å². The molecule has 0 atom stereocenters. The van der Waals surface area contributed by atoms with Gasteiger partial charge in [0.25, 0.3) is 5.69 Å². The molecule has 11 heteroatoms. The fourth-order valence-electron chi connectivity index (χ4n) is 1.94. The van der Waals surface area contributed by atoms with Gasteiger partial charge in [0.2, 0.25) is 10.0 Å². The molecule has 0 unspecified atom stereocenters. The minimum absolute atomic E-state index is 0.0433. The van der Waals surface area contributed by atoms with Gasteiger partial charge in [0.1, 0.15) is 11.4 Å². The van der Waals surface area contributed by atoms with Crippen LogP contribution >= 0.6 is 11.6 Å². The third-order valence-electron chi connectivity index (χ3n) is 3.19. The van der Waals surface area contributed by atoms with Gasteiger partial charge in [-0.15, -0.1) is 0 Å². The molecule has 0 spiro atoms. The van der Waals surface area contributed by atoms with Crippen molar-refractivity contribution in [3.63, 3.8) is 0 Å². The predicted molar refractivity (Wildman–Crippen MR) is 93.4 cm³/mol. The van der Waals surface area contributed by atoms with E-state index in [1.165, 1.54) is 24.3 Å². The van der Waals surface area contributed by atoms with E-state index in [0.717, 1.165) is 12.1 Å². The smallest absolute Gasteiger partial charge is 0.295 e. The normalized spacial score (nSPS) is 12.0. The number of hydrogen-bond acceptors (Lipinski definition) is 7. The van der Waals surface area contributed by atoms with Gasteiger partial charge in [0.15, 0.2) is 0 Å². The van der Waals surface area contributed by atoms with E-state index in [1.807, 2.05) is 0 Å². The van der Waals surface area contributed by atoms with Gasteiger partial charge in [0.05, 0.1) is 15.5 Å². The molecule has 2 aromatic carbocycles. The van der Waals surface area contributed by atoms with Crippen LogP contribution in [0.1, 0.15) is 12.5 Å². The molecule has 0 saturated heterocycles. The number of sulfonamides is 1. The van der Waals surface area contributed by atoms with Crippen molar-refractivity contribution in [2.75, 3.05) is 5.43 Å². The monoisotopic (exact) mass is 384 g/mol. The summed E-state index contributed by atoms with van der Waals surface area (Å²) in [5, 5.41) is 30.3. The molecular formula is C14H13ClN4O5S. The third-order valence-corrected chi connectivity index (χ3v) is 4.33. The van der Waals surface area contributed by atoms with Crippen LogP contribution in [0.5, 0.6) is 5.75 Å². The maximum absolute atomic E-state index is 11.3. The summed E-state index contributed by atoms with van der Waals surface area (Å²) in [4.78, 5) is 9.98. The van der Waals surface area contributed by atoms with Crippen LogP contribution in [-0.4, -0.2) is 24.2 Å². The zero-order valence-corrected chi connectivity index (χ0v) is 14.4. The van der Waals surface area contributed by atoms with E-state index in [0.29, 0.717) is 16.3 Å². The molecule has 0 saturated carbocycles. The molecule has 2 rings (SSSR count). The summed E-state index contributed by atoms with van der Waals surface area (Å²) in [6.45, 7) is 1.56. The van der Waals surface area contributed by atoms with Crippen LogP contribution < -0.4 is 10.6 Å². The molecule has 9 nitrogen and oxygen atoms in total. The number of nitrogens with one attached hydrogen (secondary N) is 1. The first kappa shape index (κ1) is 18.6. The molecule has 0 fully saturated rings. The van der Waals surface area contributed by atoms with E-state index in [4.69, 9.17) is 16.7 Å². The lowest BCUT2D eigenvalue weighted by Gasteiger charge is -2.07. The standard InChI is InChI=1S/C14H13ClN4O5S/c1-8(11-6-9(15)2-5-14(11)20)17-18-12-4-3-10(25(16,23)24)7-13(12)19(21)22/h2-7,18,20H,1H3,(H2,16,23,24)/b17-8+. The van der Waals surface area contributed by atoms with Crippen LogP contribution in [0, 0.1) is 10.1 Å². The number of anilines is 1. The van der Waals surface area contributed by atoms with Crippen molar-refractivity contribution >= 4 is 38.7 Å². The first-order valence-electron chi connectivity index (χ1n) is 6.70. The van der Waals surface area contributed by atoms with Crippen molar-refractivity contribution in [1.82, 2.24) is 0 Å². The Bertz CT molecular complexity index is 975. The highest BCUT2D eigenvalue weighted by Gasteiger charge is 2.19. The van der Waals surface area contributed by atoms with Crippen LogP contribution in [-0.2, 0) is 10.0 Å². The van der Waals surface area contributed by atoms with Gasteiger partial charge in [-0.2, -0.15) is 5.10 Å². The molecular weight excluding hydrogens is 372 g/mol. The highest BCUT2D eigenvalue weighted by atomic mass is 35.5. The molecule has 4 N–H and O–H groups in total. The van der Waals surface area contributed by atoms with Crippen molar-refractivity contribution in [3.05, 3.63) is 57.1 Å². The van der Waals surface area contributed by atoms with Crippen molar-refractivity contribution in [2.24, 2.45) is 10.2 Å². The van der Waals surface area contributed by atoms with Gasteiger partial charge < -0.3 is 5.11 Å². The summed E-state index contributed by atoms with van der Waals surface area (Å²) in [5.74, 6) is -0.0634. The summed E-state index contributed by atoms with van der Waals surface area (Å²) in [6, 6.07) is 7.49. The van der Waals surface area contributed by atoms with Gasteiger partial charge in [-0.3, -0.25) is 15.5 Å². The molecule has 2 aromatic rings. The molecule has 0 amide bonds. The number of benzene rings is 2. The lowest BCUT2D eigenvalue weighted by Crippen LogP contribution is -2.12. The Morgan fingerprint density at radius 1 is 1.32 bits per heavy atom. The summed E-state index contributed by atoms with van der Waals surface area (Å²) >= 11 is 5.86. The maximum atomic E-state index is 11.3. The molecule has 132 valence electrons. The molecule has 0 heterocycles. The number of halogens is 1. The SMILES string of the molecule is C/C(=N\Nc1ccc(S(N)(=O)=O)cc1[N+](=O)[O-])c1cc(Cl)ccc1O. The van der Waals surface area contributed by atoms with Gasteiger partial charge in [0, 0.05) is 16.7 Å².